The number of ether oxygens (including phenoxy) is 2. The molecule has 1 fully saturated rings. The maximum Gasteiger partial charge on any atom is 0.357 e. The Balaban J connectivity index is 1.50. The van der Waals surface area contributed by atoms with Gasteiger partial charge in [-0.05, 0) is 48.9 Å². The number of nitrogens with two attached hydrogens (primary N) is 1. The lowest BCUT2D eigenvalue weighted by molar-refractivity contribution is -0.173. The predicted molar refractivity (Wildman–Crippen MR) is 114 cm³/mol. The van der Waals surface area contributed by atoms with E-state index in [1.165, 1.54) is 33.1 Å². The van der Waals surface area contributed by atoms with Crippen LogP contribution in [0.5, 0.6) is 0 Å². The van der Waals surface area contributed by atoms with Crippen molar-refractivity contribution in [1.29, 1.82) is 0 Å². The minimum atomic E-state index is -0.739. The van der Waals surface area contributed by atoms with Crippen LogP contribution in [0.2, 0.25) is 0 Å². The summed E-state index contributed by atoms with van der Waals surface area (Å²) >= 11 is 2.85. The molecular formula is C18H21N7O5S2. The first-order valence-corrected chi connectivity index (χ1v) is 11.6. The summed E-state index contributed by atoms with van der Waals surface area (Å²) in [6.45, 7) is 4.54. The van der Waals surface area contributed by atoms with Gasteiger partial charge in [-0.2, -0.15) is 0 Å². The second-order valence-electron chi connectivity index (χ2n) is 8.11. The summed E-state index contributed by atoms with van der Waals surface area (Å²) in [6, 6.07) is 2.83. The van der Waals surface area contributed by atoms with E-state index in [1.54, 1.807) is 32.9 Å². The zero-order valence-electron chi connectivity index (χ0n) is 17.5. The number of carbonyl (C=O) groups excluding carboxylic acids is 3. The normalized spacial score (nSPS) is 20.8. The molecule has 1 unspecified atom stereocenters. The summed E-state index contributed by atoms with van der Waals surface area (Å²) in [4.78, 5) is 38.5. The highest BCUT2D eigenvalue weighted by atomic mass is 32.2. The van der Waals surface area contributed by atoms with E-state index in [2.05, 4.69) is 20.6 Å². The highest BCUT2D eigenvalue weighted by Gasteiger charge is 2.52. The van der Waals surface area contributed by atoms with Gasteiger partial charge in [-0.25, -0.2) is 4.79 Å². The molecule has 0 aliphatic carbocycles. The number of hydrogen-bond acceptors (Lipinski definition) is 12. The molecule has 0 bridgehead atoms. The largest absolute Gasteiger partial charge is 0.427 e. The summed E-state index contributed by atoms with van der Waals surface area (Å²) in [5, 5.41) is 15.7. The number of thioether (sulfide) groups is 2. The Bertz CT molecular complexity index is 1110. The van der Waals surface area contributed by atoms with Crippen LogP contribution in [0.4, 0.5) is 0 Å². The van der Waals surface area contributed by atoms with Crippen molar-refractivity contribution < 1.29 is 23.9 Å². The molecule has 2 N–H and O–H groups in total. The van der Waals surface area contributed by atoms with Gasteiger partial charge in [0.1, 0.15) is 22.1 Å². The van der Waals surface area contributed by atoms with Crippen molar-refractivity contribution in [1.82, 2.24) is 30.2 Å². The van der Waals surface area contributed by atoms with Gasteiger partial charge in [-0.15, -0.1) is 38.4 Å². The van der Waals surface area contributed by atoms with Gasteiger partial charge in [0.15, 0.2) is 5.65 Å². The van der Waals surface area contributed by atoms with E-state index < -0.39 is 30.2 Å². The van der Waals surface area contributed by atoms with E-state index in [9.17, 15) is 14.4 Å². The van der Waals surface area contributed by atoms with Crippen LogP contribution in [0, 0.1) is 5.41 Å². The predicted octanol–water partition coefficient (Wildman–Crippen LogP) is 0.198. The molecule has 1 amide bonds. The lowest BCUT2D eigenvalue weighted by atomic mass is 9.98. The maximum atomic E-state index is 12.9. The molecule has 2 aliphatic heterocycles. The van der Waals surface area contributed by atoms with Crippen LogP contribution >= 0.6 is 23.5 Å². The van der Waals surface area contributed by atoms with Gasteiger partial charge in [-0.3, -0.25) is 14.5 Å². The van der Waals surface area contributed by atoms with Crippen LogP contribution in [0.3, 0.4) is 0 Å². The molecule has 170 valence electrons. The molecule has 0 saturated carbocycles. The molecule has 4 heterocycles. The van der Waals surface area contributed by atoms with E-state index in [1.807, 2.05) is 0 Å². The third-order valence-electron chi connectivity index (χ3n) is 4.71. The third kappa shape index (κ3) is 4.29. The average molecular weight is 480 g/mol. The minimum absolute atomic E-state index is 0.142. The number of amides is 1. The summed E-state index contributed by atoms with van der Waals surface area (Å²) in [5.41, 5.74) is 6.51. The Labute approximate surface area is 191 Å². The van der Waals surface area contributed by atoms with Crippen molar-refractivity contribution in [3.05, 3.63) is 23.4 Å². The molecule has 2 atom stereocenters. The minimum Gasteiger partial charge on any atom is -0.427 e. The summed E-state index contributed by atoms with van der Waals surface area (Å²) in [7, 11) is 0. The Hall–Kier alpha value is -2.71. The van der Waals surface area contributed by atoms with E-state index in [0.717, 1.165) is 0 Å². The highest BCUT2D eigenvalue weighted by molar-refractivity contribution is 8.01. The number of β-lactam (4-membered cyclic amide) rings is 1. The van der Waals surface area contributed by atoms with E-state index in [4.69, 9.17) is 15.2 Å². The van der Waals surface area contributed by atoms with E-state index >= 15 is 0 Å². The van der Waals surface area contributed by atoms with Crippen LogP contribution < -0.4 is 5.73 Å². The molecule has 1 saturated heterocycles. The molecule has 14 heteroatoms. The summed E-state index contributed by atoms with van der Waals surface area (Å²) < 4.78 is 11.5. The van der Waals surface area contributed by atoms with Gasteiger partial charge in [0.25, 0.3) is 0 Å². The molecule has 0 radical (unpaired) electrons. The van der Waals surface area contributed by atoms with Crippen molar-refractivity contribution >= 4 is 47.0 Å². The summed E-state index contributed by atoms with van der Waals surface area (Å²) in [6.07, 6.45) is 0. The maximum absolute atomic E-state index is 12.9. The fourth-order valence-electron chi connectivity index (χ4n) is 2.97. The number of tetrazole rings is 1. The monoisotopic (exact) mass is 479 g/mol. The first kappa shape index (κ1) is 22.5. The van der Waals surface area contributed by atoms with Gasteiger partial charge in [-0.1, -0.05) is 0 Å². The Morgan fingerprint density at radius 1 is 1.31 bits per heavy atom. The van der Waals surface area contributed by atoms with Gasteiger partial charge in [0, 0.05) is 11.5 Å². The van der Waals surface area contributed by atoms with Crippen molar-refractivity contribution in [3.8, 4) is 0 Å². The van der Waals surface area contributed by atoms with Crippen molar-refractivity contribution in [2.45, 2.75) is 37.2 Å². The van der Waals surface area contributed by atoms with Crippen LogP contribution in [-0.4, -0.2) is 77.7 Å². The average Bonchev–Trinajstić information content (AvgIpc) is 3.23. The van der Waals surface area contributed by atoms with Crippen molar-refractivity contribution in [2.24, 2.45) is 11.1 Å². The number of rotatable bonds is 6. The number of aromatic nitrogens is 5. The summed E-state index contributed by atoms with van der Waals surface area (Å²) in [5.74, 6) is -0.716. The van der Waals surface area contributed by atoms with Gasteiger partial charge >= 0.3 is 11.9 Å². The number of fused-ring (bicyclic) bond motifs is 2. The molecule has 32 heavy (non-hydrogen) atoms. The van der Waals surface area contributed by atoms with Gasteiger partial charge in [0.05, 0.1) is 5.41 Å². The number of nitrogens with zero attached hydrogens (tertiary/aromatic N) is 6. The van der Waals surface area contributed by atoms with Crippen molar-refractivity contribution in [3.63, 3.8) is 0 Å². The third-order valence-corrected chi connectivity index (χ3v) is 7.08. The van der Waals surface area contributed by atoms with Gasteiger partial charge < -0.3 is 15.2 Å². The van der Waals surface area contributed by atoms with Crippen LogP contribution in [0.1, 0.15) is 20.8 Å². The molecule has 12 nitrogen and oxygen atoms in total. The molecular weight excluding hydrogens is 458 g/mol. The lowest BCUT2D eigenvalue weighted by Crippen LogP contribution is -2.68. The Kier molecular flexibility index (Phi) is 6.09. The number of hydrogen-bond donors (Lipinski definition) is 1. The fourth-order valence-corrected chi connectivity index (χ4v) is 5.25. The van der Waals surface area contributed by atoms with Crippen LogP contribution in [0.25, 0.3) is 5.65 Å². The van der Waals surface area contributed by atoms with E-state index in [0.29, 0.717) is 27.8 Å². The SMILES string of the molecule is CC(C)(C)C(=O)OCOC(=O)C1=C(CSc2ccc3nnnn3n2)CS[C@H]2C(N)C(=O)N12. The number of esters is 2. The molecule has 2 aromatic heterocycles. The molecule has 4 rings (SSSR count). The van der Waals surface area contributed by atoms with Crippen LogP contribution in [-0.2, 0) is 23.9 Å². The van der Waals surface area contributed by atoms with Crippen LogP contribution in [0.15, 0.2) is 28.4 Å². The smallest absolute Gasteiger partial charge is 0.357 e. The standard InChI is InChI=1S/C18H21N7O5S2/c1-18(2,3)17(28)30-8-29-16(27)13-9(7-32-15-12(19)14(26)24(13)15)6-31-11-5-4-10-20-22-23-25(10)21-11/h4-5,12,15H,6-8,19H2,1-3H3/t12?,15-/m0/s1. The lowest BCUT2D eigenvalue weighted by Gasteiger charge is -2.48. The quantitative estimate of drug-likeness (QED) is 0.260. The molecule has 2 aliphatic rings. The Morgan fingerprint density at radius 2 is 2.09 bits per heavy atom. The second kappa shape index (κ2) is 8.67. The highest BCUT2D eigenvalue weighted by Crippen LogP contribution is 2.41. The molecule has 0 aromatic carbocycles. The Morgan fingerprint density at radius 3 is 2.84 bits per heavy atom. The second-order valence-corrected chi connectivity index (χ2v) is 10.2. The fraction of sp³-hybridized carbons (Fsp3) is 0.500. The molecule has 2 aromatic rings. The molecule has 0 spiro atoms. The topological polar surface area (TPSA) is 155 Å². The first-order valence-electron chi connectivity index (χ1n) is 9.61. The zero-order chi connectivity index (χ0) is 23.0. The zero-order valence-corrected chi connectivity index (χ0v) is 19.2. The first-order chi connectivity index (χ1) is 15.2. The van der Waals surface area contributed by atoms with Gasteiger partial charge in [0.2, 0.25) is 12.7 Å². The van der Waals surface area contributed by atoms with Crippen molar-refractivity contribution in [2.75, 3.05) is 18.3 Å². The number of carbonyl (C=O) groups is 3. The van der Waals surface area contributed by atoms with E-state index in [-0.39, 0.29) is 17.0 Å².